The maximum atomic E-state index is 13.5. The molecule has 2 aliphatic carbocycles. The fraction of sp³-hybridized carbons (Fsp3) is 0.360. The average Bonchev–Trinajstić information content (AvgIpc) is 3.66. The van der Waals surface area contributed by atoms with Gasteiger partial charge in [-0.05, 0) is 86.9 Å². The molecule has 5 rings (SSSR count). The summed E-state index contributed by atoms with van der Waals surface area (Å²) in [6.45, 7) is 4.18. The topological polar surface area (TPSA) is 46.9 Å². The van der Waals surface area contributed by atoms with Gasteiger partial charge in [0, 0.05) is 35.1 Å². The van der Waals surface area contributed by atoms with Crippen LogP contribution >= 0.6 is 0 Å². The first-order chi connectivity index (χ1) is 14.4. The summed E-state index contributed by atoms with van der Waals surface area (Å²) >= 11 is 0. The zero-order valence-electron chi connectivity index (χ0n) is 17.4. The van der Waals surface area contributed by atoms with Crippen molar-refractivity contribution in [2.75, 3.05) is 0 Å². The van der Waals surface area contributed by atoms with E-state index in [1.165, 1.54) is 12.1 Å². The van der Waals surface area contributed by atoms with Crippen LogP contribution in [0.25, 0.3) is 16.8 Å². The predicted molar refractivity (Wildman–Crippen MR) is 115 cm³/mol. The van der Waals surface area contributed by atoms with Crippen molar-refractivity contribution < 1.29 is 9.18 Å². The molecule has 0 atom stereocenters. The average molecular weight is 404 g/mol. The molecule has 3 aromatic rings. The Balaban J connectivity index is 1.57. The Morgan fingerprint density at radius 1 is 1.07 bits per heavy atom. The van der Waals surface area contributed by atoms with Gasteiger partial charge in [0.25, 0.3) is 5.91 Å². The molecule has 154 valence electrons. The number of nitrogens with one attached hydrogen (secondary N) is 1. The standard InChI is InChI=1S/C25H26FN3O/c1-25(2,20-7-8-20)28-24(30)19-13-18(16-5-9-21(26)10-6-16)14-22(15-19)29-12-11-27-23(29)17-3-4-17/h5-6,9-15,17,20H,3-4,7-8H2,1-2H3,(H,28,30). The van der Waals surface area contributed by atoms with Crippen LogP contribution in [0, 0.1) is 11.7 Å². The fourth-order valence-electron chi connectivity index (χ4n) is 4.14. The van der Waals surface area contributed by atoms with Gasteiger partial charge in [-0.3, -0.25) is 4.79 Å². The van der Waals surface area contributed by atoms with E-state index in [1.807, 2.05) is 30.6 Å². The highest BCUT2D eigenvalue weighted by molar-refractivity contribution is 5.96. The highest BCUT2D eigenvalue weighted by Gasteiger charge is 2.39. The Bertz CT molecular complexity index is 1090. The minimum atomic E-state index is -0.273. The number of carbonyl (C=O) groups is 1. The van der Waals surface area contributed by atoms with E-state index in [4.69, 9.17) is 0 Å². The van der Waals surface area contributed by atoms with E-state index in [2.05, 4.69) is 28.7 Å². The van der Waals surface area contributed by atoms with Gasteiger partial charge in [0.15, 0.2) is 0 Å². The summed E-state index contributed by atoms with van der Waals surface area (Å²) in [5, 5.41) is 3.22. The van der Waals surface area contributed by atoms with Gasteiger partial charge in [-0.1, -0.05) is 12.1 Å². The molecule has 2 saturated carbocycles. The zero-order valence-corrected chi connectivity index (χ0v) is 17.4. The van der Waals surface area contributed by atoms with Crippen LogP contribution in [0.5, 0.6) is 0 Å². The van der Waals surface area contributed by atoms with Crippen molar-refractivity contribution in [2.45, 2.75) is 51.0 Å². The lowest BCUT2D eigenvalue weighted by atomic mass is 9.97. The normalized spacial score (nSPS) is 16.5. The van der Waals surface area contributed by atoms with Crippen LogP contribution in [-0.4, -0.2) is 21.0 Å². The SMILES string of the molecule is CC(C)(NC(=O)c1cc(-c2ccc(F)cc2)cc(-n2ccnc2C2CC2)c1)C1CC1. The third-order valence-electron chi connectivity index (χ3n) is 6.28. The molecule has 1 heterocycles. The lowest BCUT2D eigenvalue weighted by Gasteiger charge is -2.26. The van der Waals surface area contributed by atoms with Gasteiger partial charge in [0.2, 0.25) is 0 Å². The molecule has 0 saturated heterocycles. The van der Waals surface area contributed by atoms with Gasteiger partial charge < -0.3 is 9.88 Å². The Labute approximate surface area is 176 Å². The number of aromatic nitrogens is 2. The molecule has 0 unspecified atom stereocenters. The Morgan fingerprint density at radius 3 is 2.47 bits per heavy atom. The van der Waals surface area contributed by atoms with E-state index in [0.717, 1.165) is 48.3 Å². The second-order valence-electron chi connectivity index (χ2n) is 9.16. The van der Waals surface area contributed by atoms with Crippen LogP contribution in [0.3, 0.4) is 0 Å². The number of halogens is 1. The summed E-state index contributed by atoms with van der Waals surface area (Å²) in [6, 6.07) is 12.3. The smallest absolute Gasteiger partial charge is 0.251 e. The van der Waals surface area contributed by atoms with Crippen molar-refractivity contribution in [3.63, 3.8) is 0 Å². The fourth-order valence-corrected chi connectivity index (χ4v) is 4.14. The molecular formula is C25H26FN3O. The number of nitrogens with zero attached hydrogens (tertiary/aromatic N) is 2. The number of imidazole rings is 1. The Hall–Kier alpha value is -2.95. The molecule has 1 amide bonds. The highest BCUT2D eigenvalue weighted by Crippen LogP contribution is 2.41. The molecule has 0 radical (unpaired) electrons. The molecule has 4 nitrogen and oxygen atoms in total. The van der Waals surface area contributed by atoms with Crippen LogP contribution in [-0.2, 0) is 0 Å². The Kier molecular flexibility index (Phi) is 4.49. The molecule has 1 N–H and O–H groups in total. The molecular weight excluding hydrogens is 377 g/mol. The quantitative estimate of drug-likeness (QED) is 0.593. The number of amides is 1. The van der Waals surface area contributed by atoms with Gasteiger partial charge in [-0.25, -0.2) is 9.37 Å². The van der Waals surface area contributed by atoms with Crippen LogP contribution in [0.2, 0.25) is 0 Å². The van der Waals surface area contributed by atoms with Crippen molar-refractivity contribution in [3.05, 3.63) is 72.1 Å². The first kappa shape index (κ1) is 19.0. The summed E-state index contributed by atoms with van der Waals surface area (Å²) in [5.74, 6) is 1.71. The lowest BCUT2D eigenvalue weighted by molar-refractivity contribution is 0.0903. The van der Waals surface area contributed by atoms with Gasteiger partial charge >= 0.3 is 0 Å². The first-order valence-corrected chi connectivity index (χ1v) is 10.7. The van der Waals surface area contributed by atoms with Gasteiger partial charge in [-0.15, -0.1) is 0 Å². The maximum absolute atomic E-state index is 13.5. The summed E-state index contributed by atoms with van der Waals surface area (Å²) in [5.41, 5.74) is 3.05. The number of hydrogen-bond donors (Lipinski definition) is 1. The molecule has 0 spiro atoms. The molecule has 0 aliphatic heterocycles. The summed E-state index contributed by atoms with van der Waals surface area (Å²) in [7, 11) is 0. The second-order valence-corrected chi connectivity index (χ2v) is 9.16. The third-order valence-corrected chi connectivity index (χ3v) is 6.28. The number of rotatable bonds is 6. The summed E-state index contributed by atoms with van der Waals surface area (Å²) in [4.78, 5) is 17.7. The van der Waals surface area contributed by atoms with Gasteiger partial charge in [-0.2, -0.15) is 0 Å². The maximum Gasteiger partial charge on any atom is 0.251 e. The monoisotopic (exact) mass is 403 g/mol. The van der Waals surface area contributed by atoms with Crippen molar-refractivity contribution in [3.8, 4) is 16.8 Å². The zero-order chi connectivity index (χ0) is 20.9. The number of hydrogen-bond acceptors (Lipinski definition) is 2. The van der Waals surface area contributed by atoms with E-state index in [0.29, 0.717) is 17.4 Å². The molecule has 2 aromatic carbocycles. The molecule has 0 bridgehead atoms. The van der Waals surface area contributed by atoms with Gasteiger partial charge in [0.1, 0.15) is 11.6 Å². The van der Waals surface area contributed by atoms with Crippen LogP contribution in [0.15, 0.2) is 54.9 Å². The summed E-state index contributed by atoms with van der Waals surface area (Å²) in [6.07, 6.45) is 8.39. The van der Waals surface area contributed by atoms with Gasteiger partial charge in [0.05, 0.1) is 0 Å². The molecule has 5 heteroatoms. The molecule has 2 aliphatic rings. The van der Waals surface area contributed by atoms with Crippen LogP contribution in [0.4, 0.5) is 4.39 Å². The summed E-state index contributed by atoms with van der Waals surface area (Å²) < 4.78 is 15.5. The van der Waals surface area contributed by atoms with E-state index in [9.17, 15) is 9.18 Å². The van der Waals surface area contributed by atoms with E-state index in [1.54, 1.807) is 12.1 Å². The Morgan fingerprint density at radius 2 is 1.80 bits per heavy atom. The number of carbonyl (C=O) groups excluding carboxylic acids is 1. The van der Waals surface area contributed by atoms with Crippen molar-refractivity contribution in [1.82, 2.24) is 14.9 Å². The van der Waals surface area contributed by atoms with Crippen LogP contribution < -0.4 is 5.32 Å². The lowest BCUT2D eigenvalue weighted by Crippen LogP contribution is -2.45. The van der Waals surface area contributed by atoms with Crippen molar-refractivity contribution in [1.29, 1.82) is 0 Å². The van der Waals surface area contributed by atoms with E-state index in [-0.39, 0.29) is 17.3 Å². The third kappa shape index (κ3) is 3.76. The van der Waals surface area contributed by atoms with Crippen molar-refractivity contribution in [2.24, 2.45) is 5.92 Å². The minimum absolute atomic E-state index is 0.0785. The van der Waals surface area contributed by atoms with Crippen molar-refractivity contribution >= 4 is 5.91 Å². The molecule has 2 fully saturated rings. The predicted octanol–water partition coefficient (Wildman–Crippen LogP) is 5.47. The number of benzene rings is 2. The molecule has 30 heavy (non-hydrogen) atoms. The first-order valence-electron chi connectivity index (χ1n) is 10.7. The highest BCUT2D eigenvalue weighted by atomic mass is 19.1. The minimum Gasteiger partial charge on any atom is -0.347 e. The second kappa shape index (κ2) is 7.08. The largest absolute Gasteiger partial charge is 0.347 e. The van der Waals surface area contributed by atoms with E-state index >= 15 is 0 Å². The molecule has 1 aromatic heterocycles. The van der Waals surface area contributed by atoms with Crippen LogP contribution in [0.1, 0.15) is 61.6 Å². The van der Waals surface area contributed by atoms with E-state index < -0.39 is 0 Å².